The van der Waals surface area contributed by atoms with Crippen LogP contribution < -0.4 is 4.72 Å². The van der Waals surface area contributed by atoms with Gasteiger partial charge in [0.1, 0.15) is 0 Å². The average Bonchev–Trinajstić information content (AvgIpc) is 2.27. The van der Waals surface area contributed by atoms with E-state index in [1.165, 1.54) is 7.11 Å². The van der Waals surface area contributed by atoms with Crippen LogP contribution in [0.3, 0.4) is 0 Å². The van der Waals surface area contributed by atoms with E-state index in [2.05, 4.69) is 9.46 Å². The van der Waals surface area contributed by atoms with Crippen LogP contribution in [0, 0.1) is 0 Å². The Hall–Kier alpha value is -1.15. The van der Waals surface area contributed by atoms with Crippen molar-refractivity contribution in [3.05, 3.63) is 0 Å². The highest BCUT2D eigenvalue weighted by molar-refractivity contribution is 7.89. The highest BCUT2D eigenvalue weighted by Gasteiger charge is 2.11. The molecule has 8 heteroatoms. The molecule has 0 aliphatic carbocycles. The molecule has 0 spiro atoms. The lowest BCUT2D eigenvalue weighted by atomic mass is 10.2. The van der Waals surface area contributed by atoms with E-state index in [0.29, 0.717) is 12.8 Å². The molecule has 0 unspecified atom stereocenters. The van der Waals surface area contributed by atoms with Crippen molar-refractivity contribution in [3.8, 4) is 0 Å². The number of carboxylic acids is 1. The molecule has 0 aromatic heterocycles. The van der Waals surface area contributed by atoms with Crippen LogP contribution in [-0.4, -0.2) is 44.9 Å². The molecular formula is C10H19NO6S. The molecule has 0 fully saturated rings. The smallest absolute Gasteiger partial charge is 0.305 e. The Morgan fingerprint density at radius 1 is 1.17 bits per heavy atom. The van der Waals surface area contributed by atoms with Gasteiger partial charge >= 0.3 is 11.9 Å². The van der Waals surface area contributed by atoms with Crippen molar-refractivity contribution in [1.82, 2.24) is 4.72 Å². The largest absolute Gasteiger partial charge is 0.481 e. The molecule has 7 nitrogen and oxygen atoms in total. The maximum atomic E-state index is 11.4. The standard InChI is InChI=1S/C10H19NO6S/c1-17-10(14)6-4-8-18(15,16)11-7-3-2-5-9(12)13/h11H,2-8H2,1H3,(H,12,13). The first-order valence-corrected chi connectivity index (χ1v) is 7.28. The molecule has 0 amide bonds. The predicted molar refractivity (Wildman–Crippen MR) is 64.5 cm³/mol. The zero-order valence-corrected chi connectivity index (χ0v) is 11.2. The van der Waals surface area contributed by atoms with Gasteiger partial charge in [-0.25, -0.2) is 13.1 Å². The van der Waals surface area contributed by atoms with Crippen LogP contribution in [0.15, 0.2) is 0 Å². The fourth-order valence-corrected chi connectivity index (χ4v) is 2.33. The molecule has 0 heterocycles. The van der Waals surface area contributed by atoms with Gasteiger partial charge in [0.25, 0.3) is 0 Å². The summed E-state index contributed by atoms with van der Waals surface area (Å²) in [5, 5.41) is 8.38. The maximum Gasteiger partial charge on any atom is 0.305 e. The van der Waals surface area contributed by atoms with Gasteiger partial charge in [0, 0.05) is 19.4 Å². The number of carbonyl (C=O) groups is 2. The summed E-state index contributed by atoms with van der Waals surface area (Å²) in [5.74, 6) is -1.47. The third kappa shape index (κ3) is 10.0. The highest BCUT2D eigenvalue weighted by Crippen LogP contribution is 1.98. The second-order valence-electron chi connectivity index (χ2n) is 3.74. The minimum absolute atomic E-state index is 0.0318. The number of rotatable bonds is 10. The predicted octanol–water partition coefficient (Wildman–Crippen LogP) is 0.114. The Morgan fingerprint density at radius 2 is 1.83 bits per heavy atom. The summed E-state index contributed by atoms with van der Waals surface area (Å²) in [4.78, 5) is 21.0. The second kappa shape index (κ2) is 8.87. The van der Waals surface area contributed by atoms with Gasteiger partial charge in [-0.15, -0.1) is 0 Å². The summed E-state index contributed by atoms with van der Waals surface area (Å²) in [6, 6.07) is 0. The van der Waals surface area contributed by atoms with Gasteiger partial charge in [-0.3, -0.25) is 9.59 Å². The van der Waals surface area contributed by atoms with Gasteiger partial charge in [0.2, 0.25) is 10.0 Å². The molecule has 2 N–H and O–H groups in total. The number of carboxylic acid groups (broad SMARTS) is 1. The third-order valence-corrected chi connectivity index (χ3v) is 3.63. The molecular weight excluding hydrogens is 262 g/mol. The number of ether oxygens (including phenoxy) is 1. The number of unbranched alkanes of at least 4 members (excludes halogenated alkanes) is 1. The van der Waals surface area contributed by atoms with E-state index in [-0.39, 0.29) is 31.6 Å². The lowest BCUT2D eigenvalue weighted by Crippen LogP contribution is -2.27. The van der Waals surface area contributed by atoms with Crippen LogP contribution in [0.4, 0.5) is 0 Å². The summed E-state index contributed by atoms with van der Waals surface area (Å²) in [6.07, 6.45) is 1.21. The second-order valence-corrected chi connectivity index (χ2v) is 5.67. The zero-order chi connectivity index (χ0) is 14.0. The van der Waals surface area contributed by atoms with Crippen molar-refractivity contribution < 1.29 is 27.9 Å². The van der Waals surface area contributed by atoms with Crippen LogP contribution in [0.5, 0.6) is 0 Å². The number of sulfonamides is 1. The van der Waals surface area contributed by atoms with Gasteiger partial charge in [0.05, 0.1) is 12.9 Å². The number of carbonyl (C=O) groups excluding carboxylic acids is 1. The van der Waals surface area contributed by atoms with E-state index in [9.17, 15) is 18.0 Å². The third-order valence-electron chi connectivity index (χ3n) is 2.16. The normalized spacial score (nSPS) is 11.2. The molecule has 0 aromatic carbocycles. The summed E-state index contributed by atoms with van der Waals surface area (Å²) < 4.78 is 29.6. The van der Waals surface area contributed by atoms with E-state index in [0.717, 1.165) is 0 Å². The van der Waals surface area contributed by atoms with E-state index in [1.807, 2.05) is 0 Å². The SMILES string of the molecule is COC(=O)CCCS(=O)(=O)NCCCCC(=O)O. The van der Waals surface area contributed by atoms with Crippen LogP contribution in [0.1, 0.15) is 32.1 Å². The molecule has 0 atom stereocenters. The van der Waals surface area contributed by atoms with Crippen LogP contribution >= 0.6 is 0 Å². The van der Waals surface area contributed by atoms with Crippen LogP contribution in [0.25, 0.3) is 0 Å². The average molecular weight is 281 g/mol. The Kier molecular flexibility index (Phi) is 8.30. The summed E-state index contributed by atoms with van der Waals surface area (Å²) >= 11 is 0. The number of hydrogen-bond acceptors (Lipinski definition) is 5. The van der Waals surface area contributed by atoms with E-state index in [1.54, 1.807) is 0 Å². The molecule has 0 bridgehead atoms. The van der Waals surface area contributed by atoms with E-state index in [4.69, 9.17) is 5.11 Å². The Bertz CT molecular complexity index is 365. The van der Waals surface area contributed by atoms with Crippen LogP contribution in [0.2, 0.25) is 0 Å². The van der Waals surface area contributed by atoms with E-state index >= 15 is 0 Å². The summed E-state index contributed by atoms with van der Waals surface area (Å²) in [7, 11) is -2.14. The first-order valence-electron chi connectivity index (χ1n) is 5.63. The van der Waals surface area contributed by atoms with Crippen molar-refractivity contribution in [2.75, 3.05) is 19.4 Å². The fourth-order valence-electron chi connectivity index (χ4n) is 1.21. The number of hydrogen-bond donors (Lipinski definition) is 2. The molecule has 0 rings (SSSR count). The first-order chi connectivity index (χ1) is 8.37. The monoisotopic (exact) mass is 281 g/mol. The van der Waals surface area contributed by atoms with Crippen molar-refractivity contribution in [2.24, 2.45) is 0 Å². The summed E-state index contributed by atoms with van der Waals surface area (Å²) in [6.45, 7) is 0.216. The molecule has 0 saturated heterocycles. The number of aliphatic carboxylic acids is 1. The molecule has 106 valence electrons. The topological polar surface area (TPSA) is 110 Å². The molecule has 0 aromatic rings. The van der Waals surface area contributed by atoms with Crippen LogP contribution in [-0.2, 0) is 24.3 Å². The number of methoxy groups -OCH3 is 1. The van der Waals surface area contributed by atoms with E-state index < -0.39 is 22.0 Å². The molecule has 0 saturated carbocycles. The molecule has 18 heavy (non-hydrogen) atoms. The van der Waals surface area contributed by atoms with Gasteiger partial charge in [-0.2, -0.15) is 0 Å². The molecule has 0 aliphatic rings. The Morgan fingerprint density at radius 3 is 2.39 bits per heavy atom. The lowest BCUT2D eigenvalue weighted by Gasteiger charge is -2.05. The van der Waals surface area contributed by atoms with Gasteiger partial charge in [-0.1, -0.05) is 0 Å². The fraction of sp³-hybridized carbons (Fsp3) is 0.800. The summed E-state index contributed by atoms with van der Waals surface area (Å²) in [5.41, 5.74) is 0. The van der Waals surface area contributed by atoms with Gasteiger partial charge < -0.3 is 9.84 Å². The van der Waals surface area contributed by atoms with Crippen molar-refractivity contribution in [1.29, 1.82) is 0 Å². The minimum Gasteiger partial charge on any atom is -0.481 e. The van der Waals surface area contributed by atoms with Crippen molar-refractivity contribution >= 4 is 22.0 Å². The maximum absolute atomic E-state index is 11.4. The van der Waals surface area contributed by atoms with Gasteiger partial charge in [-0.05, 0) is 19.3 Å². The zero-order valence-electron chi connectivity index (χ0n) is 10.3. The number of nitrogens with one attached hydrogen (secondary N) is 1. The Balaban J connectivity index is 3.67. The lowest BCUT2D eigenvalue weighted by molar-refractivity contribution is -0.140. The number of esters is 1. The molecule has 0 aliphatic heterocycles. The minimum atomic E-state index is -3.39. The van der Waals surface area contributed by atoms with Gasteiger partial charge in [0.15, 0.2) is 0 Å². The first kappa shape index (κ1) is 16.9. The molecule has 0 radical (unpaired) electrons. The Labute approximate surface area is 107 Å². The van der Waals surface area contributed by atoms with Crippen molar-refractivity contribution in [3.63, 3.8) is 0 Å². The van der Waals surface area contributed by atoms with Crippen molar-refractivity contribution in [2.45, 2.75) is 32.1 Å². The quantitative estimate of drug-likeness (QED) is 0.434. The highest BCUT2D eigenvalue weighted by atomic mass is 32.2.